The highest BCUT2D eigenvalue weighted by Crippen LogP contribution is 2.24. The Morgan fingerprint density at radius 2 is 1.96 bits per heavy atom. The smallest absolute Gasteiger partial charge is 0.244 e. The first kappa shape index (κ1) is 16.6. The Bertz CT molecular complexity index is 679. The largest absolute Gasteiger partial charge is 0.487 e. The Kier molecular flexibility index (Phi) is 5.80. The minimum absolute atomic E-state index is 0.117. The van der Waals surface area contributed by atoms with Crippen LogP contribution in [0.4, 0.5) is 5.69 Å². The number of benzene rings is 2. The van der Waals surface area contributed by atoms with Gasteiger partial charge in [0, 0.05) is 12.1 Å². The fraction of sp³-hybridized carbons (Fsp3) is 0.211. The number of nitrogen functional groups attached to an aromatic ring is 1. The molecule has 0 radical (unpaired) electrons. The molecule has 0 saturated heterocycles. The molecule has 4 nitrogen and oxygen atoms in total. The average Bonchev–Trinajstić information content (AvgIpc) is 2.52. The van der Waals surface area contributed by atoms with Gasteiger partial charge < -0.3 is 15.8 Å². The van der Waals surface area contributed by atoms with E-state index in [1.54, 1.807) is 12.1 Å². The molecule has 0 spiro atoms. The molecule has 0 unspecified atom stereocenters. The molecule has 2 aromatic rings. The molecule has 4 heteroatoms. The van der Waals surface area contributed by atoms with Crippen LogP contribution >= 0.6 is 0 Å². The number of ether oxygens (including phenoxy) is 1. The molecule has 0 bridgehead atoms. The van der Waals surface area contributed by atoms with Crippen molar-refractivity contribution in [1.29, 1.82) is 0 Å². The van der Waals surface area contributed by atoms with E-state index in [1.165, 1.54) is 6.08 Å². The van der Waals surface area contributed by atoms with Crippen molar-refractivity contribution in [3.05, 3.63) is 65.7 Å². The molecule has 2 rings (SSSR count). The summed E-state index contributed by atoms with van der Waals surface area (Å²) in [5, 5.41) is 2.80. The van der Waals surface area contributed by atoms with Gasteiger partial charge in [-0.15, -0.1) is 0 Å². The molecular weight excluding hydrogens is 288 g/mol. The van der Waals surface area contributed by atoms with Crippen LogP contribution in [0.3, 0.4) is 0 Å². The van der Waals surface area contributed by atoms with Crippen LogP contribution < -0.4 is 15.8 Å². The monoisotopic (exact) mass is 310 g/mol. The minimum atomic E-state index is -0.122. The summed E-state index contributed by atoms with van der Waals surface area (Å²) in [5.41, 5.74) is 8.50. The van der Waals surface area contributed by atoms with E-state index in [-0.39, 0.29) is 11.9 Å². The van der Waals surface area contributed by atoms with Gasteiger partial charge in [-0.2, -0.15) is 0 Å². The van der Waals surface area contributed by atoms with Crippen molar-refractivity contribution in [3.8, 4) is 5.75 Å². The summed E-state index contributed by atoms with van der Waals surface area (Å²) in [4.78, 5) is 11.6. The van der Waals surface area contributed by atoms with Crippen molar-refractivity contribution >= 4 is 17.7 Å². The summed E-state index contributed by atoms with van der Waals surface area (Å²) in [6.07, 6.45) is 3.23. The van der Waals surface area contributed by atoms with Gasteiger partial charge in [0.25, 0.3) is 0 Å². The average molecular weight is 310 g/mol. The molecule has 2 aromatic carbocycles. The highest BCUT2D eigenvalue weighted by Gasteiger charge is 2.03. The number of amides is 1. The number of nitrogens with two attached hydrogens (primary N) is 1. The van der Waals surface area contributed by atoms with E-state index in [0.717, 1.165) is 11.1 Å². The molecular formula is C19H22N2O2. The number of hydrogen-bond acceptors (Lipinski definition) is 3. The van der Waals surface area contributed by atoms with E-state index in [0.29, 0.717) is 18.0 Å². The summed E-state index contributed by atoms with van der Waals surface area (Å²) >= 11 is 0. The first-order valence-electron chi connectivity index (χ1n) is 7.59. The molecule has 0 fully saturated rings. The Morgan fingerprint density at radius 3 is 2.61 bits per heavy atom. The highest BCUT2D eigenvalue weighted by molar-refractivity contribution is 5.92. The molecule has 0 aliphatic rings. The van der Waals surface area contributed by atoms with Crippen molar-refractivity contribution in [2.24, 2.45) is 0 Å². The molecule has 0 atom stereocenters. The third-order valence-electron chi connectivity index (χ3n) is 3.13. The van der Waals surface area contributed by atoms with E-state index < -0.39 is 0 Å². The maximum absolute atomic E-state index is 11.6. The summed E-state index contributed by atoms with van der Waals surface area (Å²) in [7, 11) is 0. The Balaban J connectivity index is 1.97. The number of carbonyl (C=O) groups excluding carboxylic acids is 1. The van der Waals surface area contributed by atoms with Crippen LogP contribution in [0.1, 0.15) is 25.0 Å². The van der Waals surface area contributed by atoms with Gasteiger partial charge in [-0.05, 0) is 43.2 Å². The summed E-state index contributed by atoms with van der Waals surface area (Å²) < 4.78 is 5.73. The van der Waals surface area contributed by atoms with Crippen LogP contribution in [-0.4, -0.2) is 11.9 Å². The summed E-state index contributed by atoms with van der Waals surface area (Å²) in [6, 6.07) is 15.5. The van der Waals surface area contributed by atoms with E-state index in [9.17, 15) is 4.79 Å². The number of anilines is 1. The molecule has 0 saturated carbocycles. The molecule has 0 aliphatic heterocycles. The summed E-state index contributed by atoms with van der Waals surface area (Å²) in [5.74, 6) is 0.514. The van der Waals surface area contributed by atoms with Gasteiger partial charge in [-0.1, -0.05) is 36.4 Å². The second kappa shape index (κ2) is 8.03. The van der Waals surface area contributed by atoms with Gasteiger partial charge in [-0.25, -0.2) is 0 Å². The second-order valence-electron chi connectivity index (χ2n) is 5.57. The molecule has 1 amide bonds. The normalized spacial score (nSPS) is 10.9. The lowest BCUT2D eigenvalue weighted by atomic mass is 10.1. The Labute approximate surface area is 137 Å². The Hall–Kier alpha value is -2.75. The lowest BCUT2D eigenvalue weighted by molar-refractivity contribution is -0.116. The van der Waals surface area contributed by atoms with Crippen LogP contribution in [0.25, 0.3) is 6.08 Å². The fourth-order valence-corrected chi connectivity index (χ4v) is 2.04. The molecule has 0 heterocycles. The SMILES string of the molecule is CC(C)NC(=O)/C=C\c1ccc(OCc2ccccc2)c(N)c1. The number of carbonyl (C=O) groups is 1. The maximum Gasteiger partial charge on any atom is 0.244 e. The Morgan fingerprint density at radius 1 is 1.22 bits per heavy atom. The third kappa shape index (κ3) is 5.51. The predicted octanol–water partition coefficient (Wildman–Crippen LogP) is 3.39. The van der Waals surface area contributed by atoms with Crippen LogP contribution in [-0.2, 0) is 11.4 Å². The van der Waals surface area contributed by atoms with E-state index in [2.05, 4.69) is 5.32 Å². The molecule has 23 heavy (non-hydrogen) atoms. The van der Waals surface area contributed by atoms with Gasteiger partial charge in [0.1, 0.15) is 12.4 Å². The van der Waals surface area contributed by atoms with Crippen LogP contribution in [0, 0.1) is 0 Å². The van der Waals surface area contributed by atoms with Crippen LogP contribution in [0.2, 0.25) is 0 Å². The van der Waals surface area contributed by atoms with Crippen molar-refractivity contribution in [2.75, 3.05) is 5.73 Å². The van der Waals surface area contributed by atoms with Crippen molar-refractivity contribution in [2.45, 2.75) is 26.5 Å². The van der Waals surface area contributed by atoms with Crippen molar-refractivity contribution < 1.29 is 9.53 Å². The summed E-state index contributed by atoms with van der Waals surface area (Å²) in [6.45, 7) is 4.31. The van der Waals surface area contributed by atoms with Gasteiger partial charge in [0.15, 0.2) is 0 Å². The first-order valence-corrected chi connectivity index (χ1v) is 7.59. The zero-order valence-electron chi connectivity index (χ0n) is 13.5. The topological polar surface area (TPSA) is 64.3 Å². The fourth-order valence-electron chi connectivity index (χ4n) is 2.04. The van der Waals surface area contributed by atoms with Crippen LogP contribution in [0.15, 0.2) is 54.6 Å². The quantitative estimate of drug-likeness (QED) is 0.635. The van der Waals surface area contributed by atoms with Crippen molar-refractivity contribution in [3.63, 3.8) is 0 Å². The molecule has 0 aliphatic carbocycles. The van der Waals surface area contributed by atoms with Crippen molar-refractivity contribution in [1.82, 2.24) is 5.32 Å². The van der Waals surface area contributed by atoms with Gasteiger partial charge >= 0.3 is 0 Å². The van der Waals surface area contributed by atoms with Gasteiger partial charge in [0.2, 0.25) is 5.91 Å². The van der Waals surface area contributed by atoms with E-state index in [1.807, 2.05) is 56.3 Å². The zero-order chi connectivity index (χ0) is 16.7. The first-order chi connectivity index (χ1) is 11.0. The molecule has 0 aromatic heterocycles. The molecule has 3 N–H and O–H groups in total. The predicted molar refractivity (Wildman–Crippen MR) is 93.9 cm³/mol. The standard InChI is InChI=1S/C19H22N2O2/c1-14(2)21-19(22)11-9-15-8-10-18(17(20)12-15)23-13-16-6-4-3-5-7-16/h3-12,14H,13,20H2,1-2H3,(H,21,22)/b11-9-. The van der Waals surface area contributed by atoms with E-state index >= 15 is 0 Å². The van der Waals surface area contributed by atoms with Crippen LogP contribution in [0.5, 0.6) is 5.75 Å². The van der Waals surface area contributed by atoms with Gasteiger partial charge in [0.05, 0.1) is 5.69 Å². The zero-order valence-corrected chi connectivity index (χ0v) is 13.5. The number of hydrogen-bond donors (Lipinski definition) is 2. The highest BCUT2D eigenvalue weighted by atomic mass is 16.5. The maximum atomic E-state index is 11.6. The number of nitrogens with one attached hydrogen (secondary N) is 1. The molecule has 120 valence electrons. The lowest BCUT2D eigenvalue weighted by Gasteiger charge is -2.09. The van der Waals surface area contributed by atoms with E-state index in [4.69, 9.17) is 10.5 Å². The lowest BCUT2D eigenvalue weighted by Crippen LogP contribution is -2.28. The number of rotatable bonds is 6. The third-order valence-corrected chi connectivity index (χ3v) is 3.13. The second-order valence-corrected chi connectivity index (χ2v) is 5.57. The van der Waals surface area contributed by atoms with Gasteiger partial charge in [-0.3, -0.25) is 4.79 Å². The minimum Gasteiger partial charge on any atom is -0.487 e.